The molecule has 2 heterocycles. The van der Waals surface area contributed by atoms with E-state index in [0.717, 1.165) is 43.1 Å². The number of nitriles is 2. The third-order valence-corrected chi connectivity index (χ3v) is 7.71. The van der Waals surface area contributed by atoms with Crippen LogP contribution in [0.4, 0.5) is 5.82 Å². The standard InChI is InChI=1S/C24H29N7OS2/c1-4-18-19(14-25)23(31-11-5-10-30(3)12-13-31)29-24(20(18)15-26)33-21(22(27)32)16-6-8-17(9-7-16)34-28-2/h6-9,21,28H,4-5,10-13H2,1-3H3,(H2,27,32). The van der Waals surface area contributed by atoms with Gasteiger partial charge in [0.1, 0.15) is 28.2 Å². The topological polar surface area (TPSA) is 122 Å². The van der Waals surface area contributed by atoms with Crippen molar-refractivity contribution in [1.29, 1.82) is 10.5 Å². The molecule has 34 heavy (non-hydrogen) atoms. The number of benzene rings is 1. The molecule has 0 radical (unpaired) electrons. The number of primary amides is 1. The van der Waals surface area contributed by atoms with Crippen molar-refractivity contribution in [3.63, 3.8) is 0 Å². The molecule has 1 aliphatic heterocycles. The van der Waals surface area contributed by atoms with Crippen molar-refractivity contribution in [2.24, 2.45) is 5.73 Å². The number of thioether (sulfide) groups is 1. The molecule has 3 N–H and O–H groups in total. The number of likely N-dealkylation sites (N-methyl/N-ethyl adjacent to an activating group) is 1. The number of carbonyl (C=O) groups is 1. The lowest BCUT2D eigenvalue weighted by Gasteiger charge is -2.25. The summed E-state index contributed by atoms with van der Waals surface area (Å²) in [6.07, 6.45) is 1.47. The minimum Gasteiger partial charge on any atom is -0.368 e. The van der Waals surface area contributed by atoms with E-state index in [4.69, 9.17) is 10.7 Å². The van der Waals surface area contributed by atoms with Gasteiger partial charge in [-0.05, 0) is 68.7 Å². The van der Waals surface area contributed by atoms with Crippen LogP contribution in [0.3, 0.4) is 0 Å². The Morgan fingerprint density at radius 2 is 1.88 bits per heavy atom. The van der Waals surface area contributed by atoms with Crippen molar-refractivity contribution in [2.75, 3.05) is 45.2 Å². The maximum atomic E-state index is 12.5. The first kappa shape index (κ1) is 25.9. The van der Waals surface area contributed by atoms with Crippen LogP contribution in [-0.4, -0.2) is 56.1 Å². The fourth-order valence-electron chi connectivity index (χ4n) is 3.99. The summed E-state index contributed by atoms with van der Waals surface area (Å²) in [5.74, 6) is 0.0743. The fourth-order valence-corrected chi connectivity index (χ4v) is 5.55. The van der Waals surface area contributed by atoms with E-state index in [-0.39, 0.29) is 0 Å². The summed E-state index contributed by atoms with van der Waals surface area (Å²) >= 11 is 2.65. The Labute approximate surface area is 209 Å². The maximum Gasteiger partial charge on any atom is 0.235 e. The number of nitrogens with two attached hydrogens (primary N) is 1. The highest BCUT2D eigenvalue weighted by atomic mass is 32.2. The molecule has 3 rings (SSSR count). The zero-order valence-electron chi connectivity index (χ0n) is 19.7. The SMILES string of the molecule is CCc1c(C#N)c(SC(C(N)=O)c2ccc(SNC)cc2)nc(N2CCCN(C)CC2)c1C#N. The lowest BCUT2D eigenvalue weighted by Crippen LogP contribution is -2.30. The molecule has 1 aliphatic rings. The molecule has 178 valence electrons. The van der Waals surface area contributed by atoms with E-state index in [2.05, 4.69) is 33.7 Å². The molecule has 1 aromatic carbocycles. The molecule has 8 nitrogen and oxygen atoms in total. The Kier molecular flexibility index (Phi) is 9.20. The second kappa shape index (κ2) is 12.1. The van der Waals surface area contributed by atoms with Crippen molar-refractivity contribution < 1.29 is 4.79 Å². The molecule has 1 amide bonds. The minimum absolute atomic E-state index is 0.341. The second-order valence-electron chi connectivity index (χ2n) is 7.97. The van der Waals surface area contributed by atoms with Crippen molar-refractivity contribution in [3.8, 4) is 12.1 Å². The molecule has 10 heteroatoms. The molecule has 1 fully saturated rings. The van der Waals surface area contributed by atoms with Gasteiger partial charge in [-0.1, -0.05) is 30.8 Å². The molecule has 1 atom stereocenters. The van der Waals surface area contributed by atoms with Crippen molar-refractivity contribution >= 4 is 35.4 Å². The van der Waals surface area contributed by atoms with Crippen LogP contribution in [-0.2, 0) is 11.2 Å². The maximum absolute atomic E-state index is 12.5. The monoisotopic (exact) mass is 495 g/mol. The van der Waals surface area contributed by atoms with Gasteiger partial charge in [0, 0.05) is 24.5 Å². The van der Waals surface area contributed by atoms with Gasteiger partial charge < -0.3 is 15.5 Å². The first-order chi connectivity index (χ1) is 16.4. The number of carbonyl (C=O) groups excluding carboxylic acids is 1. The summed E-state index contributed by atoms with van der Waals surface area (Å²) in [6, 6.07) is 12.1. The van der Waals surface area contributed by atoms with E-state index < -0.39 is 11.2 Å². The first-order valence-corrected chi connectivity index (χ1v) is 12.8. The normalized spacial score (nSPS) is 15.3. The van der Waals surface area contributed by atoms with E-state index in [1.807, 2.05) is 38.2 Å². The van der Waals surface area contributed by atoms with Crippen LogP contribution in [0.5, 0.6) is 0 Å². The van der Waals surface area contributed by atoms with Crippen LogP contribution in [0.2, 0.25) is 0 Å². The zero-order chi connectivity index (χ0) is 24.7. The van der Waals surface area contributed by atoms with Crippen LogP contribution in [0.15, 0.2) is 34.2 Å². The summed E-state index contributed by atoms with van der Waals surface area (Å²) in [4.78, 5) is 22.7. The Morgan fingerprint density at radius 1 is 1.18 bits per heavy atom. The van der Waals surface area contributed by atoms with Gasteiger partial charge in [0.2, 0.25) is 5.91 Å². The predicted molar refractivity (Wildman–Crippen MR) is 137 cm³/mol. The lowest BCUT2D eigenvalue weighted by atomic mass is 10.0. The highest BCUT2D eigenvalue weighted by Crippen LogP contribution is 2.40. The number of aromatic nitrogens is 1. The predicted octanol–water partition coefficient (Wildman–Crippen LogP) is 3.07. The number of pyridine rings is 1. The van der Waals surface area contributed by atoms with Gasteiger partial charge >= 0.3 is 0 Å². The smallest absolute Gasteiger partial charge is 0.235 e. The lowest BCUT2D eigenvalue weighted by molar-refractivity contribution is -0.117. The van der Waals surface area contributed by atoms with Crippen LogP contribution >= 0.6 is 23.7 Å². The summed E-state index contributed by atoms with van der Waals surface area (Å²) in [5.41, 5.74) is 7.98. The summed E-state index contributed by atoms with van der Waals surface area (Å²) < 4.78 is 3.02. The molecule has 0 spiro atoms. The zero-order valence-corrected chi connectivity index (χ0v) is 21.3. The van der Waals surface area contributed by atoms with Crippen molar-refractivity contribution in [3.05, 3.63) is 46.5 Å². The Balaban J connectivity index is 2.07. The van der Waals surface area contributed by atoms with Gasteiger partial charge in [-0.15, -0.1) is 0 Å². The molecule has 1 unspecified atom stereocenters. The average molecular weight is 496 g/mol. The van der Waals surface area contributed by atoms with E-state index in [1.54, 1.807) is 0 Å². The van der Waals surface area contributed by atoms with Gasteiger partial charge in [-0.2, -0.15) is 10.5 Å². The van der Waals surface area contributed by atoms with Gasteiger partial charge in [-0.3, -0.25) is 9.52 Å². The molecule has 1 saturated heterocycles. The molecule has 0 saturated carbocycles. The number of rotatable bonds is 8. The Bertz CT molecular complexity index is 1110. The minimum atomic E-state index is -0.714. The van der Waals surface area contributed by atoms with Gasteiger partial charge in [0.25, 0.3) is 0 Å². The van der Waals surface area contributed by atoms with Crippen LogP contribution < -0.4 is 15.4 Å². The van der Waals surface area contributed by atoms with E-state index in [9.17, 15) is 15.3 Å². The van der Waals surface area contributed by atoms with Crippen molar-refractivity contribution in [1.82, 2.24) is 14.6 Å². The summed E-state index contributed by atoms with van der Waals surface area (Å²) in [5, 5.41) is 19.7. The van der Waals surface area contributed by atoms with E-state index in [1.165, 1.54) is 23.7 Å². The molecule has 0 aliphatic carbocycles. The number of hydrogen-bond acceptors (Lipinski definition) is 9. The number of hydrogen-bond donors (Lipinski definition) is 2. The van der Waals surface area contributed by atoms with Crippen LogP contribution in [0.1, 0.15) is 40.8 Å². The van der Waals surface area contributed by atoms with Crippen LogP contribution in [0, 0.1) is 22.7 Å². The summed E-state index contributed by atoms with van der Waals surface area (Å²) in [7, 11) is 3.92. The van der Waals surface area contributed by atoms with Crippen molar-refractivity contribution in [2.45, 2.75) is 34.9 Å². The molecular formula is C24H29N7OS2. The number of nitrogens with one attached hydrogen (secondary N) is 1. The van der Waals surface area contributed by atoms with E-state index in [0.29, 0.717) is 34.0 Å². The Morgan fingerprint density at radius 3 is 2.47 bits per heavy atom. The quantitative estimate of drug-likeness (QED) is 0.420. The first-order valence-electron chi connectivity index (χ1n) is 11.1. The number of nitrogens with zero attached hydrogens (tertiary/aromatic N) is 5. The van der Waals surface area contributed by atoms with E-state index >= 15 is 0 Å². The largest absolute Gasteiger partial charge is 0.368 e. The fraction of sp³-hybridized carbons (Fsp3) is 0.417. The highest BCUT2D eigenvalue weighted by molar-refractivity contribution is 8.00. The molecular weight excluding hydrogens is 466 g/mol. The Hall–Kier alpha value is -2.76. The average Bonchev–Trinajstić information content (AvgIpc) is 3.06. The highest BCUT2D eigenvalue weighted by Gasteiger charge is 2.28. The third kappa shape index (κ3) is 5.83. The molecule has 1 aromatic heterocycles. The molecule has 2 aromatic rings. The third-order valence-electron chi connectivity index (χ3n) is 5.74. The number of amides is 1. The second-order valence-corrected chi connectivity index (χ2v) is 10.1. The summed E-state index contributed by atoms with van der Waals surface area (Å²) in [6.45, 7) is 5.27. The van der Waals surface area contributed by atoms with Gasteiger partial charge in [0.15, 0.2) is 0 Å². The van der Waals surface area contributed by atoms with Gasteiger partial charge in [0.05, 0.1) is 11.1 Å². The van der Waals surface area contributed by atoms with Gasteiger partial charge in [-0.25, -0.2) is 4.98 Å². The van der Waals surface area contributed by atoms with Crippen LogP contribution in [0.25, 0.3) is 0 Å². The molecule has 0 bridgehead atoms. The number of anilines is 1.